The molecular formula is C14H19N3O4. The summed E-state index contributed by atoms with van der Waals surface area (Å²) in [7, 11) is 1.57. The third-order valence-electron chi connectivity index (χ3n) is 3.71. The second-order valence-corrected chi connectivity index (χ2v) is 5.08. The van der Waals surface area contributed by atoms with E-state index in [1.54, 1.807) is 24.1 Å². The molecule has 1 saturated heterocycles. The van der Waals surface area contributed by atoms with Crippen molar-refractivity contribution in [2.24, 2.45) is 5.73 Å². The van der Waals surface area contributed by atoms with Crippen molar-refractivity contribution < 1.29 is 14.5 Å². The summed E-state index contributed by atoms with van der Waals surface area (Å²) in [6.45, 7) is 0.834. The summed E-state index contributed by atoms with van der Waals surface area (Å²) >= 11 is 0. The maximum absolute atomic E-state index is 12.1. The zero-order valence-electron chi connectivity index (χ0n) is 11.9. The quantitative estimate of drug-likeness (QED) is 0.650. The SMILES string of the molecule is COCCN1C(=O)CCC(N)C1c1cccc([N+](=O)[O-])c1. The van der Waals surface area contributed by atoms with Crippen molar-refractivity contribution in [3.8, 4) is 0 Å². The van der Waals surface area contributed by atoms with Gasteiger partial charge in [0.2, 0.25) is 5.91 Å². The van der Waals surface area contributed by atoms with Crippen molar-refractivity contribution in [2.45, 2.75) is 24.9 Å². The fourth-order valence-corrected chi connectivity index (χ4v) is 2.68. The van der Waals surface area contributed by atoms with Crippen molar-refractivity contribution >= 4 is 11.6 Å². The number of benzene rings is 1. The van der Waals surface area contributed by atoms with Gasteiger partial charge in [-0.2, -0.15) is 0 Å². The lowest BCUT2D eigenvalue weighted by Crippen LogP contribution is -2.49. The topological polar surface area (TPSA) is 98.7 Å². The minimum Gasteiger partial charge on any atom is -0.383 e. The van der Waals surface area contributed by atoms with Gasteiger partial charge in [0.05, 0.1) is 17.6 Å². The summed E-state index contributed by atoms with van der Waals surface area (Å²) in [6, 6.07) is 5.73. The number of carbonyl (C=O) groups excluding carboxylic acids is 1. The Morgan fingerprint density at radius 3 is 2.95 bits per heavy atom. The largest absolute Gasteiger partial charge is 0.383 e. The molecule has 0 spiro atoms. The van der Waals surface area contributed by atoms with Crippen LogP contribution in [0.2, 0.25) is 0 Å². The van der Waals surface area contributed by atoms with Crippen LogP contribution in [-0.4, -0.2) is 42.0 Å². The minimum atomic E-state index is -0.445. The van der Waals surface area contributed by atoms with Crippen molar-refractivity contribution in [3.05, 3.63) is 39.9 Å². The van der Waals surface area contributed by atoms with E-state index in [-0.39, 0.29) is 23.7 Å². The van der Waals surface area contributed by atoms with E-state index >= 15 is 0 Å². The molecule has 2 rings (SSSR count). The van der Waals surface area contributed by atoms with Crippen LogP contribution in [0.4, 0.5) is 5.69 Å². The number of rotatable bonds is 5. The Morgan fingerprint density at radius 2 is 2.29 bits per heavy atom. The van der Waals surface area contributed by atoms with Gasteiger partial charge in [0, 0.05) is 38.2 Å². The predicted molar refractivity (Wildman–Crippen MR) is 76.6 cm³/mol. The monoisotopic (exact) mass is 293 g/mol. The zero-order valence-corrected chi connectivity index (χ0v) is 11.9. The van der Waals surface area contributed by atoms with E-state index in [4.69, 9.17) is 10.5 Å². The maximum Gasteiger partial charge on any atom is 0.269 e. The molecule has 7 nitrogen and oxygen atoms in total. The molecule has 0 radical (unpaired) electrons. The smallest absolute Gasteiger partial charge is 0.269 e. The Labute approximate surface area is 122 Å². The molecule has 1 aliphatic heterocycles. The molecule has 2 atom stereocenters. The number of nitro benzene ring substituents is 1. The summed E-state index contributed by atoms with van der Waals surface area (Å²) in [5.74, 6) is 0.00487. The summed E-state index contributed by atoms with van der Waals surface area (Å²) in [5, 5.41) is 10.9. The fourth-order valence-electron chi connectivity index (χ4n) is 2.68. The lowest BCUT2D eigenvalue weighted by molar-refractivity contribution is -0.385. The molecule has 1 aliphatic rings. The standard InChI is InChI=1S/C14H19N3O4/c1-21-8-7-16-13(18)6-5-12(15)14(16)10-3-2-4-11(9-10)17(19)20/h2-4,9,12,14H,5-8,15H2,1H3. The third-order valence-corrected chi connectivity index (χ3v) is 3.71. The molecule has 0 aromatic heterocycles. The number of methoxy groups -OCH3 is 1. The normalized spacial score (nSPS) is 22.4. The molecular weight excluding hydrogens is 274 g/mol. The highest BCUT2D eigenvalue weighted by molar-refractivity contribution is 5.78. The molecule has 114 valence electrons. The molecule has 1 amide bonds. The number of nitrogens with two attached hydrogens (primary N) is 1. The van der Waals surface area contributed by atoms with Crippen LogP contribution in [-0.2, 0) is 9.53 Å². The number of amides is 1. The summed E-state index contributed by atoms with van der Waals surface area (Å²) in [6.07, 6.45) is 0.978. The third kappa shape index (κ3) is 3.37. The van der Waals surface area contributed by atoms with E-state index in [0.717, 1.165) is 0 Å². The first-order valence-electron chi connectivity index (χ1n) is 6.83. The molecule has 1 aromatic carbocycles. The molecule has 1 heterocycles. The number of non-ortho nitro benzene ring substituents is 1. The van der Waals surface area contributed by atoms with Gasteiger partial charge in [0.1, 0.15) is 0 Å². The molecule has 0 saturated carbocycles. The van der Waals surface area contributed by atoms with Crippen molar-refractivity contribution in [3.63, 3.8) is 0 Å². The Balaban J connectivity index is 2.33. The van der Waals surface area contributed by atoms with Crippen LogP contribution < -0.4 is 5.73 Å². The highest BCUT2D eigenvalue weighted by Gasteiger charge is 2.35. The zero-order chi connectivity index (χ0) is 15.4. The average molecular weight is 293 g/mol. The van der Waals surface area contributed by atoms with E-state index in [9.17, 15) is 14.9 Å². The van der Waals surface area contributed by atoms with Gasteiger partial charge in [0.25, 0.3) is 5.69 Å². The van der Waals surface area contributed by atoms with E-state index in [1.807, 2.05) is 0 Å². The summed E-state index contributed by atoms with van der Waals surface area (Å²) in [5.41, 5.74) is 6.86. The molecule has 7 heteroatoms. The van der Waals surface area contributed by atoms with E-state index < -0.39 is 4.92 Å². The first kappa shape index (κ1) is 15.4. The number of likely N-dealkylation sites (tertiary alicyclic amines) is 1. The van der Waals surface area contributed by atoms with Gasteiger partial charge in [-0.25, -0.2) is 0 Å². The van der Waals surface area contributed by atoms with E-state index in [0.29, 0.717) is 31.6 Å². The Hall–Kier alpha value is -1.99. The second-order valence-electron chi connectivity index (χ2n) is 5.08. The molecule has 0 aliphatic carbocycles. The van der Waals surface area contributed by atoms with Gasteiger partial charge in [-0.3, -0.25) is 14.9 Å². The molecule has 1 fully saturated rings. The highest BCUT2D eigenvalue weighted by Crippen LogP contribution is 2.32. The number of hydrogen-bond donors (Lipinski definition) is 1. The molecule has 0 bridgehead atoms. The molecule has 1 aromatic rings. The van der Waals surface area contributed by atoms with Crippen LogP contribution in [0.5, 0.6) is 0 Å². The van der Waals surface area contributed by atoms with Crippen LogP contribution in [0.3, 0.4) is 0 Å². The molecule has 21 heavy (non-hydrogen) atoms. The van der Waals surface area contributed by atoms with Gasteiger partial charge in [-0.15, -0.1) is 0 Å². The Bertz CT molecular complexity index is 535. The number of hydrogen-bond acceptors (Lipinski definition) is 5. The van der Waals surface area contributed by atoms with Gasteiger partial charge in [-0.1, -0.05) is 12.1 Å². The number of carbonyl (C=O) groups is 1. The maximum atomic E-state index is 12.1. The van der Waals surface area contributed by atoms with E-state index in [2.05, 4.69) is 0 Å². The van der Waals surface area contributed by atoms with Crippen LogP contribution in [0.25, 0.3) is 0 Å². The van der Waals surface area contributed by atoms with Crippen LogP contribution in [0, 0.1) is 10.1 Å². The van der Waals surface area contributed by atoms with Gasteiger partial charge >= 0.3 is 0 Å². The minimum absolute atomic E-state index is 0.00409. The first-order valence-corrected chi connectivity index (χ1v) is 6.83. The average Bonchev–Trinajstić information content (AvgIpc) is 2.48. The van der Waals surface area contributed by atoms with Crippen LogP contribution >= 0.6 is 0 Å². The molecule has 2 N–H and O–H groups in total. The van der Waals surface area contributed by atoms with Crippen molar-refractivity contribution in [2.75, 3.05) is 20.3 Å². The van der Waals surface area contributed by atoms with Crippen LogP contribution in [0.1, 0.15) is 24.4 Å². The number of nitro groups is 1. The molecule has 2 unspecified atom stereocenters. The van der Waals surface area contributed by atoms with Gasteiger partial charge in [0.15, 0.2) is 0 Å². The van der Waals surface area contributed by atoms with Crippen LogP contribution in [0.15, 0.2) is 24.3 Å². The summed E-state index contributed by atoms with van der Waals surface area (Å²) in [4.78, 5) is 24.3. The number of piperidine rings is 1. The number of nitrogens with zero attached hydrogens (tertiary/aromatic N) is 2. The predicted octanol–water partition coefficient (Wildman–Crippen LogP) is 1.23. The van der Waals surface area contributed by atoms with E-state index in [1.165, 1.54) is 12.1 Å². The van der Waals surface area contributed by atoms with Gasteiger partial charge < -0.3 is 15.4 Å². The van der Waals surface area contributed by atoms with Crippen molar-refractivity contribution in [1.29, 1.82) is 0 Å². The highest BCUT2D eigenvalue weighted by atomic mass is 16.6. The number of ether oxygens (including phenoxy) is 1. The first-order chi connectivity index (χ1) is 10.0. The lowest BCUT2D eigenvalue weighted by atomic mass is 9.90. The van der Waals surface area contributed by atoms with Gasteiger partial charge in [-0.05, 0) is 12.0 Å². The van der Waals surface area contributed by atoms with Crippen molar-refractivity contribution in [1.82, 2.24) is 4.90 Å². The summed E-state index contributed by atoms with van der Waals surface area (Å²) < 4.78 is 5.03. The second kappa shape index (κ2) is 6.64. The fraction of sp³-hybridized carbons (Fsp3) is 0.500. The lowest BCUT2D eigenvalue weighted by Gasteiger charge is -2.39. The Morgan fingerprint density at radius 1 is 1.52 bits per heavy atom. The Kier molecular flexibility index (Phi) is 4.87.